The smallest absolute Gasteiger partial charge is 0.227 e. The summed E-state index contributed by atoms with van der Waals surface area (Å²) in [5, 5.41) is 0.936. The molecule has 0 N–H and O–H groups in total. The Kier molecular flexibility index (Phi) is 5.33. The molecule has 1 amide bonds. The van der Waals surface area contributed by atoms with Crippen LogP contribution in [-0.2, 0) is 27.5 Å². The molecule has 1 unspecified atom stereocenters. The molecule has 2 aromatic carbocycles. The highest BCUT2D eigenvalue weighted by molar-refractivity contribution is 7.90. The number of nitrogens with zero attached hydrogens (tertiary/aromatic N) is 1. The Morgan fingerprint density at radius 2 is 1.77 bits per heavy atom. The molecule has 0 aliphatic carbocycles. The summed E-state index contributed by atoms with van der Waals surface area (Å²) in [5.74, 6) is -0.0806. The first kappa shape index (κ1) is 19.2. The van der Waals surface area contributed by atoms with Crippen molar-refractivity contribution in [2.24, 2.45) is 0 Å². The summed E-state index contributed by atoms with van der Waals surface area (Å²) in [7, 11) is -3.30. The van der Waals surface area contributed by atoms with Crippen molar-refractivity contribution in [1.29, 1.82) is 0 Å². The van der Waals surface area contributed by atoms with Gasteiger partial charge in [-0.25, -0.2) is 8.42 Å². The zero-order valence-electron chi connectivity index (χ0n) is 14.5. The Balaban J connectivity index is 1.90. The molecule has 7 heteroatoms. The van der Waals surface area contributed by atoms with Gasteiger partial charge >= 0.3 is 0 Å². The van der Waals surface area contributed by atoms with Crippen molar-refractivity contribution in [1.82, 2.24) is 4.90 Å². The molecular weight excluding hydrogens is 393 g/mol. The molecular formula is C19H19Cl2NO3S. The van der Waals surface area contributed by atoms with Crippen LogP contribution in [0.15, 0.2) is 41.3 Å². The van der Waals surface area contributed by atoms with Gasteiger partial charge in [0.05, 0.1) is 17.4 Å². The molecule has 1 atom stereocenters. The Labute approximate surface area is 163 Å². The normalized spacial score (nSPS) is 17.1. The highest BCUT2D eigenvalue weighted by atomic mass is 35.5. The van der Waals surface area contributed by atoms with Crippen LogP contribution in [-0.4, -0.2) is 32.0 Å². The van der Waals surface area contributed by atoms with E-state index in [9.17, 15) is 13.2 Å². The molecule has 1 aliphatic rings. The number of halogens is 2. The second kappa shape index (κ2) is 7.22. The number of hydrogen-bond acceptors (Lipinski definition) is 3. The van der Waals surface area contributed by atoms with Gasteiger partial charge in [-0.2, -0.15) is 0 Å². The first-order chi connectivity index (χ1) is 12.2. The third-order valence-corrected chi connectivity index (χ3v) is 6.69. The van der Waals surface area contributed by atoms with Crippen molar-refractivity contribution in [2.75, 3.05) is 12.8 Å². The lowest BCUT2D eigenvalue weighted by molar-refractivity contribution is -0.133. The fraction of sp³-hybridized carbons (Fsp3) is 0.316. The number of benzene rings is 2. The lowest BCUT2D eigenvalue weighted by atomic mass is 9.93. The van der Waals surface area contributed by atoms with Crippen molar-refractivity contribution in [2.45, 2.75) is 30.7 Å². The van der Waals surface area contributed by atoms with E-state index in [0.717, 1.165) is 11.1 Å². The zero-order valence-corrected chi connectivity index (χ0v) is 16.8. The highest BCUT2D eigenvalue weighted by Crippen LogP contribution is 2.34. The highest BCUT2D eigenvalue weighted by Gasteiger charge is 2.31. The van der Waals surface area contributed by atoms with Crippen molar-refractivity contribution in [3.63, 3.8) is 0 Å². The van der Waals surface area contributed by atoms with Gasteiger partial charge in [0, 0.05) is 22.8 Å². The van der Waals surface area contributed by atoms with Gasteiger partial charge in [-0.3, -0.25) is 4.79 Å². The van der Waals surface area contributed by atoms with E-state index < -0.39 is 9.84 Å². The number of carbonyl (C=O) groups excluding carboxylic acids is 1. The molecule has 1 heterocycles. The van der Waals surface area contributed by atoms with E-state index in [4.69, 9.17) is 23.2 Å². The van der Waals surface area contributed by atoms with E-state index in [1.165, 1.54) is 6.26 Å². The minimum Gasteiger partial charge on any atom is -0.335 e. The van der Waals surface area contributed by atoms with E-state index in [1.807, 2.05) is 13.0 Å². The van der Waals surface area contributed by atoms with E-state index in [2.05, 4.69) is 0 Å². The predicted molar refractivity (Wildman–Crippen MR) is 104 cm³/mol. The Morgan fingerprint density at radius 1 is 1.15 bits per heavy atom. The van der Waals surface area contributed by atoms with Gasteiger partial charge in [-0.1, -0.05) is 41.4 Å². The van der Waals surface area contributed by atoms with Crippen LogP contribution < -0.4 is 0 Å². The molecule has 2 aromatic rings. The third-order valence-electron chi connectivity index (χ3n) is 4.80. The van der Waals surface area contributed by atoms with Crippen molar-refractivity contribution in [3.05, 3.63) is 63.1 Å². The molecule has 0 fully saturated rings. The second-order valence-electron chi connectivity index (χ2n) is 6.49. The molecule has 138 valence electrons. The molecule has 0 radical (unpaired) electrons. The lowest BCUT2D eigenvalue weighted by Crippen LogP contribution is -2.40. The van der Waals surface area contributed by atoms with E-state index in [0.29, 0.717) is 33.5 Å². The van der Waals surface area contributed by atoms with Crippen LogP contribution in [0.3, 0.4) is 0 Å². The van der Waals surface area contributed by atoms with Crippen LogP contribution in [0.1, 0.15) is 29.7 Å². The Hall–Kier alpha value is -1.56. The first-order valence-electron chi connectivity index (χ1n) is 8.24. The van der Waals surface area contributed by atoms with Gasteiger partial charge < -0.3 is 4.90 Å². The average Bonchev–Trinajstić information content (AvgIpc) is 2.57. The van der Waals surface area contributed by atoms with E-state index in [1.54, 1.807) is 35.2 Å². The fourth-order valence-corrected chi connectivity index (χ4v) is 5.00. The summed E-state index contributed by atoms with van der Waals surface area (Å²) in [6, 6.07) is 10.2. The van der Waals surface area contributed by atoms with Crippen LogP contribution in [0.2, 0.25) is 10.0 Å². The fourth-order valence-electron chi connectivity index (χ4n) is 3.48. The molecule has 26 heavy (non-hydrogen) atoms. The number of rotatable bonds is 3. The topological polar surface area (TPSA) is 54.5 Å². The van der Waals surface area contributed by atoms with Crippen LogP contribution in [0.25, 0.3) is 0 Å². The number of carbonyl (C=O) groups is 1. The lowest BCUT2D eigenvalue weighted by Gasteiger charge is -2.36. The Morgan fingerprint density at radius 3 is 2.38 bits per heavy atom. The van der Waals surface area contributed by atoms with Crippen LogP contribution in [0, 0.1) is 0 Å². The van der Waals surface area contributed by atoms with Crippen LogP contribution >= 0.6 is 23.2 Å². The first-order valence-corrected chi connectivity index (χ1v) is 10.9. The minimum absolute atomic E-state index is 0.0806. The maximum Gasteiger partial charge on any atom is 0.227 e. The third kappa shape index (κ3) is 3.61. The number of fused-ring (bicyclic) bond motifs is 1. The van der Waals surface area contributed by atoms with Crippen molar-refractivity contribution >= 4 is 38.9 Å². The summed E-state index contributed by atoms with van der Waals surface area (Å²) >= 11 is 12.4. The van der Waals surface area contributed by atoms with E-state index >= 15 is 0 Å². The van der Waals surface area contributed by atoms with Gasteiger partial charge in [0.1, 0.15) is 0 Å². The summed E-state index contributed by atoms with van der Waals surface area (Å²) in [6.45, 7) is 2.37. The van der Waals surface area contributed by atoms with Gasteiger partial charge in [0.2, 0.25) is 5.91 Å². The molecule has 0 spiro atoms. The predicted octanol–water partition coefficient (Wildman–Crippen LogP) is 4.09. The number of hydrogen-bond donors (Lipinski definition) is 0. The van der Waals surface area contributed by atoms with Gasteiger partial charge in [-0.15, -0.1) is 0 Å². The maximum absolute atomic E-state index is 12.9. The monoisotopic (exact) mass is 411 g/mol. The van der Waals surface area contributed by atoms with Crippen LogP contribution in [0.5, 0.6) is 0 Å². The Bertz CT molecular complexity index is 952. The van der Waals surface area contributed by atoms with Crippen molar-refractivity contribution in [3.8, 4) is 0 Å². The minimum atomic E-state index is -3.30. The second-order valence-corrected chi connectivity index (χ2v) is 9.28. The summed E-state index contributed by atoms with van der Waals surface area (Å²) in [4.78, 5) is 15.0. The van der Waals surface area contributed by atoms with Crippen molar-refractivity contribution < 1.29 is 13.2 Å². The molecule has 0 saturated heterocycles. The molecule has 0 bridgehead atoms. The molecule has 0 saturated carbocycles. The van der Waals surface area contributed by atoms with E-state index in [-0.39, 0.29) is 18.4 Å². The van der Waals surface area contributed by atoms with Gasteiger partial charge in [0.15, 0.2) is 9.84 Å². The van der Waals surface area contributed by atoms with Gasteiger partial charge in [-0.05, 0) is 48.2 Å². The molecule has 3 rings (SSSR count). The number of sulfone groups is 1. The average molecular weight is 412 g/mol. The SMILES string of the molecule is CC1c2cccc(S(C)(=O)=O)c2CCN1C(=O)Cc1c(Cl)cccc1Cl. The van der Waals surface area contributed by atoms with Crippen LogP contribution in [0.4, 0.5) is 0 Å². The molecule has 1 aliphatic heterocycles. The maximum atomic E-state index is 12.9. The summed E-state index contributed by atoms with van der Waals surface area (Å²) in [5.41, 5.74) is 2.30. The number of amides is 1. The summed E-state index contributed by atoms with van der Waals surface area (Å²) < 4.78 is 24.1. The zero-order chi connectivity index (χ0) is 19.1. The van der Waals surface area contributed by atoms with Gasteiger partial charge in [0.25, 0.3) is 0 Å². The quantitative estimate of drug-likeness (QED) is 0.763. The largest absolute Gasteiger partial charge is 0.335 e. The molecule has 4 nitrogen and oxygen atoms in total. The molecule has 0 aromatic heterocycles. The summed E-state index contributed by atoms with van der Waals surface area (Å²) in [6.07, 6.45) is 1.83. The standard InChI is InChI=1S/C19H19Cl2NO3S/c1-12-13-5-3-8-18(26(2,24)25)14(13)9-10-22(12)19(23)11-15-16(20)6-4-7-17(15)21/h3-8,12H,9-11H2,1-2H3.